The molecule has 0 radical (unpaired) electrons. The SMILES string of the molecule is CCCC1CC(CNC(C)(C)C)(c2c(F)cccc2Cl)C1. The first-order valence-corrected chi connectivity index (χ1v) is 8.35. The summed E-state index contributed by atoms with van der Waals surface area (Å²) in [6, 6.07) is 5.04. The van der Waals surface area contributed by atoms with E-state index in [0.717, 1.165) is 24.9 Å². The molecule has 0 unspecified atom stereocenters. The second kappa shape index (κ2) is 6.26. The fourth-order valence-corrected chi connectivity index (χ4v) is 3.90. The summed E-state index contributed by atoms with van der Waals surface area (Å²) in [5, 5.41) is 4.12. The summed E-state index contributed by atoms with van der Waals surface area (Å²) >= 11 is 6.33. The lowest BCUT2D eigenvalue weighted by molar-refractivity contribution is 0.116. The van der Waals surface area contributed by atoms with Gasteiger partial charge in [-0.05, 0) is 51.7 Å². The maximum Gasteiger partial charge on any atom is 0.128 e. The van der Waals surface area contributed by atoms with E-state index in [1.54, 1.807) is 6.07 Å². The number of hydrogen-bond donors (Lipinski definition) is 1. The molecule has 21 heavy (non-hydrogen) atoms. The third kappa shape index (κ3) is 3.78. The smallest absolute Gasteiger partial charge is 0.128 e. The van der Waals surface area contributed by atoms with Crippen molar-refractivity contribution in [3.63, 3.8) is 0 Å². The van der Waals surface area contributed by atoms with E-state index in [9.17, 15) is 4.39 Å². The van der Waals surface area contributed by atoms with Crippen LogP contribution >= 0.6 is 11.6 Å². The summed E-state index contributed by atoms with van der Waals surface area (Å²) in [4.78, 5) is 0. The molecule has 1 aromatic rings. The van der Waals surface area contributed by atoms with Crippen molar-refractivity contribution < 1.29 is 4.39 Å². The Kier molecular flexibility index (Phi) is 4.99. The van der Waals surface area contributed by atoms with Crippen LogP contribution in [0.25, 0.3) is 0 Å². The van der Waals surface area contributed by atoms with Crippen LogP contribution in [0.5, 0.6) is 0 Å². The molecule has 0 amide bonds. The predicted octanol–water partition coefficient (Wildman–Crippen LogP) is 5.32. The van der Waals surface area contributed by atoms with Gasteiger partial charge in [0.05, 0.1) is 0 Å². The molecule has 1 aliphatic rings. The van der Waals surface area contributed by atoms with Gasteiger partial charge < -0.3 is 5.32 Å². The van der Waals surface area contributed by atoms with E-state index in [0.29, 0.717) is 10.9 Å². The molecule has 1 saturated carbocycles. The van der Waals surface area contributed by atoms with Crippen molar-refractivity contribution in [2.75, 3.05) is 6.54 Å². The first-order chi connectivity index (χ1) is 9.77. The van der Waals surface area contributed by atoms with Crippen LogP contribution in [0.1, 0.15) is 58.9 Å². The van der Waals surface area contributed by atoms with Gasteiger partial charge in [-0.25, -0.2) is 4.39 Å². The zero-order chi connectivity index (χ0) is 15.7. The van der Waals surface area contributed by atoms with Crippen molar-refractivity contribution in [2.24, 2.45) is 5.92 Å². The molecule has 1 N–H and O–H groups in total. The molecule has 118 valence electrons. The second-order valence-corrected chi connectivity index (χ2v) is 7.95. The van der Waals surface area contributed by atoms with Gasteiger partial charge in [-0.3, -0.25) is 0 Å². The van der Waals surface area contributed by atoms with Crippen molar-refractivity contribution in [1.82, 2.24) is 5.32 Å². The lowest BCUT2D eigenvalue weighted by atomic mass is 9.57. The molecule has 0 saturated heterocycles. The fraction of sp³-hybridized carbons (Fsp3) is 0.667. The first-order valence-electron chi connectivity index (χ1n) is 7.97. The Balaban J connectivity index is 2.25. The van der Waals surface area contributed by atoms with Crippen LogP contribution in [0.4, 0.5) is 4.39 Å². The summed E-state index contributed by atoms with van der Waals surface area (Å²) in [5.74, 6) is 0.542. The molecule has 2 rings (SSSR count). The summed E-state index contributed by atoms with van der Waals surface area (Å²) in [5.41, 5.74) is 0.603. The van der Waals surface area contributed by atoms with Crippen LogP contribution in [0, 0.1) is 11.7 Å². The van der Waals surface area contributed by atoms with E-state index >= 15 is 0 Å². The zero-order valence-electron chi connectivity index (χ0n) is 13.6. The molecule has 0 aromatic heterocycles. The Bertz CT molecular complexity index is 466. The highest BCUT2D eigenvalue weighted by atomic mass is 35.5. The topological polar surface area (TPSA) is 12.0 Å². The molecule has 0 spiro atoms. The normalized spacial score (nSPS) is 25.7. The van der Waals surface area contributed by atoms with Crippen LogP contribution in [0.3, 0.4) is 0 Å². The fourth-order valence-electron chi connectivity index (χ4n) is 3.53. The number of halogens is 2. The molecule has 0 aliphatic heterocycles. The lowest BCUT2D eigenvalue weighted by Crippen LogP contribution is -2.53. The molecular weight excluding hydrogens is 285 g/mol. The van der Waals surface area contributed by atoms with Gasteiger partial charge in [0.1, 0.15) is 5.82 Å². The van der Waals surface area contributed by atoms with Gasteiger partial charge in [0.25, 0.3) is 0 Å². The highest BCUT2D eigenvalue weighted by Gasteiger charge is 2.47. The van der Waals surface area contributed by atoms with Crippen LogP contribution in [0.2, 0.25) is 5.02 Å². The minimum absolute atomic E-state index is 0.0283. The molecular formula is C18H27ClFN. The third-order valence-electron chi connectivity index (χ3n) is 4.51. The third-order valence-corrected chi connectivity index (χ3v) is 4.82. The van der Waals surface area contributed by atoms with Crippen molar-refractivity contribution in [3.8, 4) is 0 Å². The van der Waals surface area contributed by atoms with Gasteiger partial charge in [0.15, 0.2) is 0 Å². The minimum atomic E-state index is -0.159. The average Bonchev–Trinajstić information content (AvgIpc) is 2.32. The summed E-state index contributed by atoms with van der Waals surface area (Å²) in [7, 11) is 0. The number of rotatable bonds is 5. The molecule has 0 heterocycles. The summed E-state index contributed by atoms with van der Waals surface area (Å²) in [6.45, 7) is 9.43. The molecule has 1 nitrogen and oxygen atoms in total. The quantitative estimate of drug-likeness (QED) is 0.776. The number of benzene rings is 1. The Morgan fingerprint density at radius 2 is 2.00 bits per heavy atom. The highest BCUT2D eigenvalue weighted by molar-refractivity contribution is 6.31. The summed E-state index contributed by atoms with van der Waals surface area (Å²) < 4.78 is 14.4. The van der Waals surface area contributed by atoms with E-state index in [4.69, 9.17) is 11.6 Å². The van der Waals surface area contributed by atoms with E-state index in [-0.39, 0.29) is 16.8 Å². The standard InChI is InChI=1S/C18H27ClFN/c1-5-7-13-10-18(11-13,12-21-17(2,3)4)16-14(19)8-6-9-15(16)20/h6,8-9,13,21H,5,7,10-12H2,1-4H3. The Morgan fingerprint density at radius 3 is 2.52 bits per heavy atom. The van der Waals surface area contributed by atoms with E-state index in [1.807, 2.05) is 6.07 Å². The van der Waals surface area contributed by atoms with Crippen molar-refractivity contribution in [3.05, 3.63) is 34.6 Å². The highest BCUT2D eigenvalue weighted by Crippen LogP contribution is 2.51. The largest absolute Gasteiger partial charge is 0.311 e. The van der Waals surface area contributed by atoms with Crippen molar-refractivity contribution in [1.29, 1.82) is 0 Å². The lowest BCUT2D eigenvalue weighted by Gasteiger charge is -2.50. The Morgan fingerprint density at radius 1 is 1.33 bits per heavy atom. The van der Waals surface area contributed by atoms with E-state index < -0.39 is 0 Å². The first kappa shape index (κ1) is 16.8. The van der Waals surface area contributed by atoms with Gasteiger partial charge in [-0.2, -0.15) is 0 Å². The van der Waals surface area contributed by atoms with Crippen molar-refractivity contribution >= 4 is 11.6 Å². The molecule has 1 aromatic carbocycles. The van der Waals surface area contributed by atoms with Gasteiger partial charge in [-0.15, -0.1) is 0 Å². The van der Waals surface area contributed by atoms with Crippen LogP contribution < -0.4 is 5.32 Å². The zero-order valence-corrected chi connectivity index (χ0v) is 14.4. The monoisotopic (exact) mass is 311 g/mol. The maximum atomic E-state index is 14.4. The van der Waals surface area contributed by atoms with E-state index in [2.05, 4.69) is 33.0 Å². The van der Waals surface area contributed by atoms with Gasteiger partial charge in [0, 0.05) is 28.1 Å². The summed E-state index contributed by atoms with van der Waals surface area (Å²) in [6.07, 6.45) is 4.48. The molecule has 3 heteroatoms. The predicted molar refractivity (Wildman–Crippen MR) is 88.5 cm³/mol. The molecule has 1 fully saturated rings. The van der Waals surface area contributed by atoms with E-state index in [1.165, 1.54) is 18.9 Å². The van der Waals surface area contributed by atoms with Crippen LogP contribution in [-0.2, 0) is 5.41 Å². The Labute approximate surface area is 133 Å². The number of nitrogens with one attached hydrogen (secondary N) is 1. The molecule has 0 bridgehead atoms. The van der Waals surface area contributed by atoms with Crippen LogP contribution in [0.15, 0.2) is 18.2 Å². The molecule has 0 atom stereocenters. The van der Waals surface area contributed by atoms with Gasteiger partial charge in [0.2, 0.25) is 0 Å². The maximum absolute atomic E-state index is 14.4. The molecule has 1 aliphatic carbocycles. The number of hydrogen-bond acceptors (Lipinski definition) is 1. The average molecular weight is 312 g/mol. The minimum Gasteiger partial charge on any atom is -0.311 e. The second-order valence-electron chi connectivity index (χ2n) is 7.54. The van der Waals surface area contributed by atoms with Crippen molar-refractivity contribution in [2.45, 2.75) is 64.3 Å². The Hall–Kier alpha value is -0.600. The van der Waals surface area contributed by atoms with Gasteiger partial charge in [-0.1, -0.05) is 37.4 Å². The van der Waals surface area contributed by atoms with Gasteiger partial charge >= 0.3 is 0 Å². The van der Waals surface area contributed by atoms with Crippen LogP contribution in [-0.4, -0.2) is 12.1 Å².